The van der Waals surface area contributed by atoms with Gasteiger partial charge in [0.25, 0.3) is 0 Å². The normalized spacial score (nSPS) is 11.3. The molecule has 2 aromatic carbocycles. The molecule has 4 nitrogen and oxygen atoms in total. The van der Waals surface area contributed by atoms with E-state index in [-0.39, 0.29) is 22.9 Å². The van der Waals surface area contributed by atoms with Gasteiger partial charge in [-0.05, 0) is 30.3 Å². The molecule has 6 heteroatoms. The number of nitrogens with one attached hydrogen (secondary N) is 1. The Morgan fingerprint density at radius 2 is 1.90 bits per heavy atom. The van der Waals surface area contributed by atoms with E-state index in [4.69, 9.17) is 11.6 Å². The van der Waals surface area contributed by atoms with E-state index in [1.165, 1.54) is 6.07 Å². The lowest BCUT2D eigenvalue weighted by Crippen LogP contribution is -2.09. The third kappa shape index (κ3) is 3.68. The summed E-state index contributed by atoms with van der Waals surface area (Å²) in [6.07, 6.45) is 0. The minimum Gasteiger partial charge on any atom is -0.508 e. The van der Waals surface area contributed by atoms with E-state index in [0.717, 1.165) is 0 Å². The van der Waals surface area contributed by atoms with Gasteiger partial charge in [-0.25, -0.2) is 8.42 Å². The van der Waals surface area contributed by atoms with Crippen LogP contribution in [0.4, 0.5) is 5.69 Å². The summed E-state index contributed by atoms with van der Waals surface area (Å²) in [7, 11) is -3.30. The summed E-state index contributed by atoms with van der Waals surface area (Å²) in [5, 5.41) is 13.3. The summed E-state index contributed by atoms with van der Waals surface area (Å²) in [5.41, 5.74) is 1.12. The van der Waals surface area contributed by atoms with Gasteiger partial charge in [-0.2, -0.15) is 0 Å². The molecule has 0 heterocycles. The van der Waals surface area contributed by atoms with Crippen LogP contribution in [0.3, 0.4) is 0 Å². The molecule has 0 aliphatic carbocycles. The molecule has 0 aromatic heterocycles. The second-order valence-electron chi connectivity index (χ2n) is 4.53. The monoisotopic (exact) mass is 325 g/mol. The van der Waals surface area contributed by atoms with Crippen molar-refractivity contribution in [2.45, 2.75) is 18.4 Å². The van der Waals surface area contributed by atoms with Gasteiger partial charge in [0.2, 0.25) is 0 Å². The quantitative estimate of drug-likeness (QED) is 0.883. The first-order valence-electron chi connectivity index (χ1n) is 6.47. The number of benzene rings is 2. The van der Waals surface area contributed by atoms with Gasteiger partial charge < -0.3 is 10.4 Å². The fraction of sp³-hybridized carbons (Fsp3) is 0.200. The number of hydrogen-bond acceptors (Lipinski definition) is 4. The molecule has 0 saturated carbocycles. The summed E-state index contributed by atoms with van der Waals surface area (Å²) in [6, 6.07) is 11.5. The Morgan fingerprint density at radius 3 is 2.62 bits per heavy atom. The first kappa shape index (κ1) is 15.7. The van der Waals surface area contributed by atoms with Crippen molar-refractivity contribution in [1.29, 1.82) is 0 Å². The minimum atomic E-state index is -3.30. The maximum atomic E-state index is 12.0. The number of hydrogen-bond donors (Lipinski definition) is 2. The second kappa shape index (κ2) is 6.37. The molecule has 0 spiro atoms. The molecular weight excluding hydrogens is 310 g/mol. The lowest BCUT2D eigenvalue weighted by Gasteiger charge is -2.12. The SMILES string of the molecule is CCS(=O)(=O)c1ccccc1NCc1cc(Cl)ccc1O. The van der Waals surface area contributed by atoms with Crippen LogP contribution in [0.25, 0.3) is 0 Å². The van der Waals surface area contributed by atoms with Crippen molar-refractivity contribution in [3.63, 3.8) is 0 Å². The summed E-state index contributed by atoms with van der Waals surface area (Å²) in [6.45, 7) is 1.89. The summed E-state index contributed by atoms with van der Waals surface area (Å²) in [5.74, 6) is 0.149. The van der Waals surface area contributed by atoms with Crippen LogP contribution in [0.2, 0.25) is 5.02 Å². The van der Waals surface area contributed by atoms with Crippen molar-refractivity contribution in [3.8, 4) is 5.75 Å². The van der Waals surface area contributed by atoms with E-state index in [1.54, 1.807) is 43.3 Å². The highest BCUT2D eigenvalue weighted by Gasteiger charge is 2.16. The molecule has 0 saturated heterocycles. The van der Waals surface area contributed by atoms with Gasteiger partial charge in [-0.15, -0.1) is 0 Å². The average Bonchev–Trinajstić information content (AvgIpc) is 2.48. The number of anilines is 1. The second-order valence-corrected chi connectivity index (χ2v) is 7.21. The molecule has 0 atom stereocenters. The molecule has 0 aliphatic rings. The Bertz CT molecular complexity index is 744. The predicted octanol–water partition coefficient (Wildman–Crippen LogP) is 3.45. The molecule has 2 rings (SSSR count). The van der Waals surface area contributed by atoms with E-state index in [1.807, 2.05) is 0 Å². The lowest BCUT2D eigenvalue weighted by atomic mass is 10.2. The first-order valence-corrected chi connectivity index (χ1v) is 8.50. The third-order valence-corrected chi connectivity index (χ3v) is 5.13. The minimum absolute atomic E-state index is 0.0358. The molecule has 0 aliphatic heterocycles. The summed E-state index contributed by atoms with van der Waals surface area (Å²) in [4.78, 5) is 0.258. The average molecular weight is 326 g/mol. The van der Waals surface area contributed by atoms with Crippen LogP contribution in [0.15, 0.2) is 47.4 Å². The molecule has 0 radical (unpaired) electrons. The highest BCUT2D eigenvalue weighted by molar-refractivity contribution is 7.91. The van der Waals surface area contributed by atoms with Crippen molar-refractivity contribution in [1.82, 2.24) is 0 Å². The standard InChI is InChI=1S/C15H16ClNO3S/c1-2-21(19,20)15-6-4-3-5-13(15)17-10-11-9-12(16)7-8-14(11)18/h3-9,17-18H,2,10H2,1H3. The molecule has 2 aromatic rings. The van der Waals surface area contributed by atoms with Gasteiger partial charge in [-0.1, -0.05) is 30.7 Å². The van der Waals surface area contributed by atoms with Gasteiger partial charge in [0.15, 0.2) is 9.84 Å². The van der Waals surface area contributed by atoms with Crippen LogP contribution in [-0.4, -0.2) is 19.3 Å². The van der Waals surface area contributed by atoms with Crippen LogP contribution in [0, 0.1) is 0 Å². The van der Waals surface area contributed by atoms with E-state index < -0.39 is 9.84 Å². The van der Waals surface area contributed by atoms with E-state index >= 15 is 0 Å². The number of rotatable bonds is 5. The van der Waals surface area contributed by atoms with Crippen LogP contribution < -0.4 is 5.32 Å². The Balaban J connectivity index is 2.27. The van der Waals surface area contributed by atoms with E-state index in [2.05, 4.69) is 5.32 Å². The number of phenolic OH excluding ortho intramolecular Hbond substituents is 1. The van der Waals surface area contributed by atoms with Gasteiger partial charge in [0, 0.05) is 17.1 Å². The van der Waals surface area contributed by atoms with E-state index in [0.29, 0.717) is 16.3 Å². The molecule has 112 valence electrons. The zero-order chi connectivity index (χ0) is 15.5. The van der Waals surface area contributed by atoms with Crippen molar-refractivity contribution in [2.24, 2.45) is 0 Å². The summed E-state index contributed by atoms with van der Waals surface area (Å²) < 4.78 is 24.1. The first-order chi connectivity index (χ1) is 9.94. The zero-order valence-electron chi connectivity index (χ0n) is 11.5. The maximum Gasteiger partial charge on any atom is 0.180 e. The maximum absolute atomic E-state index is 12.0. The lowest BCUT2D eigenvalue weighted by molar-refractivity contribution is 0.469. The van der Waals surface area contributed by atoms with Gasteiger partial charge >= 0.3 is 0 Å². The Hall–Kier alpha value is -1.72. The molecular formula is C15H16ClNO3S. The number of sulfone groups is 1. The molecule has 0 bridgehead atoms. The fourth-order valence-corrected chi connectivity index (χ4v) is 3.19. The number of halogens is 1. The van der Waals surface area contributed by atoms with E-state index in [9.17, 15) is 13.5 Å². The smallest absolute Gasteiger partial charge is 0.180 e. The van der Waals surface area contributed by atoms with Crippen LogP contribution >= 0.6 is 11.6 Å². The number of aromatic hydroxyl groups is 1. The molecule has 0 fully saturated rings. The van der Waals surface area contributed by atoms with Crippen molar-refractivity contribution < 1.29 is 13.5 Å². The Morgan fingerprint density at radius 1 is 1.19 bits per heavy atom. The third-order valence-electron chi connectivity index (χ3n) is 3.11. The van der Waals surface area contributed by atoms with Crippen molar-refractivity contribution in [3.05, 3.63) is 53.1 Å². The van der Waals surface area contributed by atoms with Gasteiger partial charge in [-0.3, -0.25) is 0 Å². The van der Waals surface area contributed by atoms with Gasteiger partial charge in [0.1, 0.15) is 5.75 Å². The fourth-order valence-electron chi connectivity index (χ4n) is 1.93. The molecule has 2 N–H and O–H groups in total. The molecule has 0 unspecified atom stereocenters. The highest BCUT2D eigenvalue weighted by Crippen LogP contribution is 2.25. The van der Waals surface area contributed by atoms with Crippen LogP contribution in [0.1, 0.15) is 12.5 Å². The van der Waals surface area contributed by atoms with Crippen LogP contribution in [0.5, 0.6) is 5.75 Å². The van der Waals surface area contributed by atoms with Crippen molar-refractivity contribution >= 4 is 27.1 Å². The predicted molar refractivity (Wildman–Crippen MR) is 84.6 cm³/mol. The molecule has 0 amide bonds. The van der Waals surface area contributed by atoms with Crippen molar-refractivity contribution in [2.75, 3.05) is 11.1 Å². The zero-order valence-corrected chi connectivity index (χ0v) is 13.1. The topological polar surface area (TPSA) is 66.4 Å². The summed E-state index contributed by atoms with van der Waals surface area (Å²) >= 11 is 5.89. The number of para-hydroxylation sites is 1. The Kier molecular flexibility index (Phi) is 4.75. The largest absolute Gasteiger partial charge is 0.508 e. The molecule has 21 heavy (non-hydrogen) atoms. The highest BCUT2D eigenvalue weighted by atomic mass is 35.5. The Labute approximate surface area is 129 Å². The van der Waals surface area contributed by atoms with Crippen LogP contribution in [-0.2, 0) is 16.4 Å². The van der Waals surface area contributed by atoms with Gasteiger partial charge in [0.05, 0.1) is 16.3 Å². The number of phenols is 1.